The molecule has 0 bridgehead atoms. The minimum Gasteiger partial charge on any atom is -0.368 e. The van der Waals surface area contributed by atoms with Crippen molar-refractivity contribution in [3.05, 3.63) is 48.5 Å². The second-order valence-electron chi connectivity index (χ2n) is 6.30. The highest BCUT2D eigenvalue weighted by Crippen LogP contribution is 2.14. The zero-order valence-corrected chi connectivity index (χ0v) is 19.3. The summed E-state index contributed by atoms with van der Waals surface area (Å²) in [6, 6.07) is 12.2. The summed E-state index contributed by atoms with van der Waals surface area (Å²) in [4.78, 5) is 9.23. The van der Waals surface area contributed by atoms with Crippen LogP contribution in [0.2, 0.25) is 0 Å². The molecule has 0 radical (unpaired) electrons. The lowest BCUT2D eigenvalue weighted by Gasteiger charge is -2.12. The van der Waals surface area contributed by atoms with Gasteiger partial charge in [0.05, 0.1) is 12.1 Å². The molecule has 3 N–H and O–H groups in total. The van der Waals surface area contributed by atoms with E-state index >= 15 is 0 Å². The zero-order valence-electron chi connectivity index (χ0n) is 16.9. The number of para-hydroxylation sites is 1. The van der Waals surface area contributed by atoms with Gasteiger partial charge in [0.1, 0.15) is 18.0 Å². The lowest BCUT2D eigenvalue weighted by Crippen LogP contribution is -2.39. The average molecular weight is 508 g/mol. The van der Waals surface area contributed by atoms with Crippen LogP contribution < -0.4 is 16.0 Å². The van der Waals surface area contributed by atoms with Gasteiger partial charge in [0.2, 0.25) is 0 Å². The van der Waals surface area contributed by atoms with Gasteiger partial charge in [0.15, 0.2) is 5.96 Å². The summed E-state index contributed by atoms with van der Waals surface area (Å²) < 4.78 is 2.06. The Hall–Kier alpha value is -2.43. The first-order valence-electron chi connectivity index (χ1n) is 9.78. The Bertz CT molecular complexity index is 908. The van der Waals surface area contributed by atoms with Crippen molar-refractivity contribution in [2.45, 2.75) is 26.8 Å². The molecule has 0 aliphatic carbocycles. The number of rotatable bonds is 9. The van der Waals surface area contributed by atoms with Crippen molar-refractivity contribution in [2.24, 2.45) is 4.99 Å². The molecule has 0 spiro atoms. The van der Waals surface area contributed by atoms with Gasteiger partial charge in [-0.3, -0.25) is 4.99 Å². The molecule has 0 unspecified atom stereocenters. The lowest BCUT2D eigenvalue weighted by molar-refractivity contribution is 0.633. The number of benzene rings is 1. The van der Waals surface area contributed by atoms with Gasteiger partial charge in [0.25, 0.3) is 0 Å². The predicted molar refractivity (Wildman–Crippen MR) is 129 cm³/mol. The zero-order chi connectivity index (χ0) is 19.6. The Morgan fingerprint density at radius 2 is 1.93 bits per heavy atom. The standard InChI is InChI=1S/C20H28N8.HI/c1-3-19-27-25-15-28(19)14-13-24-20(21-4-2)23-12-11-22-18-10-9-16-7-5-6-8-17(16)26-18;/h5-10,15H,3-4,11-14H2,1-2H3,(H,22,26)(H2,21,23,24);1H. The van der Waals surface area contributed by atoms with Crippen molar-refractivity contribution in [1.29, 1.82) is 0 Å². The summed E-state index contributed by atoms with van der Waals surface area (Å²) in [6.45, 7) is 7.89. The summed E-state index contributed by atoms with van der Waals surface area (Å²) in [5.41, 5.74) is 0.992. The first kappa shape index (κ1) is 22.9. The number of aliphatic imine (C=N–C) groups is 1. The molecular formula is C20H29IN8. The fraction of sp³-hybridized carbons (Fsp3) is 0.400. The fourth-order valence-electron chi connectivity index (χ4n) is 2.89. The molecule has 0 saturated carbocycles. The normalized spacial score (nSPS) is 11.2. The van der Waals surface area contributed by atoms with Crippen molar-refractivity contribution >= 4 is 46.7 Å². The molecule has 2 heterocycles. The van der Waals surface area contributed by atoms with Gasteiger partial charge in [0, 0.05) is 38.0 Å². The number of guanidine groups is 1. The quantitative estimate of drug-likeness (QED) is 0.178. The largest absolute Gasteiger partial charge is 0.368 e. The molecule has 29 heavy (non-hydrogen) atoms. The fourth-order valence-corrected chi connectivity index (χ4v) is 2.89. The topological polar surface area (TPSA) is 92.1 Å². The lowest BCUT2D eigenvalue weighted by atomic mass is 10.2. The van der Waals surface area contributed by atoms with E-state index in [0.717, 1.165) is 54.6 Å². The Balaban J connectivity index is 0.00000300. The summed E-state index contributed by atoms with van der Waals surface area (Å²) in [7, 11) is 0. The van der Waals surface area contributed by atoms with E-state index in [-0.39, 0.29) is 24.0 Å². The molecular weight excluding hydrogens is 479 g/mol. The summed E-state index contributed by atoms with van der Waals surface area (Å²) >= 11 is 0. The van der Waals surface area contributed by atoms with E-state index in [2.05, 4.69) is 66.7 Å². The van der Waals surface area contributed by atoms with Crippen LogP contribution in [0.3, 0.4) is 0 Å². The van der Waals surface area contributed by atoms with Crippen molar-refractivity contribution in [1.82, 2.24) is 30.4 Å². The molecule has 9 heteroatoms. The first-order valence-corrected chi connectivity index (χ1v) is 9.78. The van der Waals surface area contributed by atoms with E-state index < -0.39 is 0 Å². The predicted octanol–water partition coefficient (Wildman–Crippen LogP) is 2.67. The number of halogens is 1. The number of anilines is 1. The molecule has 0 atom stereocenters. The highest BCUT2D eigenvalue weighted by molar-refractivity contribution is 14.0. The Labute approximate surface area is 188 Å². The summed E-state index contributed by atoms with van der Waals surface area (Å²) in [5, 5.41) is 19.2. The maximum atomic E-state index is 4.62. The number of aromatic nitrogens is 4. The number of hydrogen-bond acceptors (Lipinski definition) is 5. The summed E-state index contributed by atoms with van der Waals surface area (Å²) in [5.74, 6) is 2.67. The molecule has 0 amide bonds. The number of pyridine rings is 1. The van der Waals surface area contributed by atoms with Crippen LogP contribution in [0.5, 0.6) is 0 Å². The minimum atomic E-state index is 0. The van der Waals surface area contributed by atoms with Crippen LogP contribution in [0.15, 0.2) is 47.7 Å². The van der Waals surface area contributed by atoms with E-state index in [9.17, 15) is 0 Å². The Morgan fingerprint density at radius 3 is 2.76 bits per heavy atom. The Morgan fingerprint density at radius 1 is 1.07 bits per heavy atom. The molecule has 156 valence electrons. The van der Waals surface area contributed by atoms with Crippen LogP contribution in [-0.2, 0) is 13.0 Å². The molecule has 3 rings (SSSR count). The van der Waals surface area contributed by atoms with Crippen LogP contribution >= 0.6 is 24.0 Å². The van der Waals surface area contributed by atoms with Gasteiger partial charge in [-0.05, 0) is 25.1 Å². The molecule has 2 aromatic heterocycles. The van der Waals surface area contributed by atoms with Crippen LogP contribution in [0, 0.1) is 0 Å². The van der Waals surface area contributed by atoms with E-state index in [1.807, 2.05) is 24.3 Å². The number of hydrogen-bond donors (Lipinski definition) is 3. The van der Waals surface area contributed by atoms with Crippen molar-refractivity contribution in [2.75, 3.05) is 31.5 Å². The number of nitrogens with zero attached hydrogens (tertiary/aromatic N) is 5. The smallest absolute Gasteiger partial charge is 0.191 e. The van der Waals surface area contributed by atoms with Crippen LogP contribution in [0.1, 0.15) is 19.7 Å². The molecule has 0 fully saturated rings. The van der Waals surface area contributed by atoms with Gasteiger partial charge in [-0.1, -0.05) is 25.1 Å². The Kier molecular flexibility index (Phi) is 9.62. The van der Waals surface area contributed by atoms with E-state index in [0.29, 0.717) is 13.1 Å². The second kappa shape index (κ2) is 12.2. The van der Waals surface area contributed by atoms with Crippen LogP contribution in [-0.4, -0.2) is 51.9 Å². The number of aryl methyl sites for hydroxylation is 1. The number of nitrogens with one attached hydrogen (secondary N) is 3. The molecule has 1 aromatic carbocycles. The molecule has 0 saturated heterocycles. The SMILES string of the molecule is CCNC(=NCCNc1ccc2ccccc2n1)NCCn1cnnc1CC.I. The van der Waals surface area contributed by atoms with Gasteiger partial charge in [-0.2, -0.15) is 0 Å². The van der Waals surface area contributed by atoms with Crippen LogP contribution in [0.25, 0.3) is 10.9 Å². The maximum absolute atomic E-state index is 4.62. The van der Waals surface area contributed by atoms with Gasteiger partial charge in [-0.25, -0.2) is 4.98 Å². The van der Waals surface area contributed by atoms with E-state index in [1.165, 1.54) is 0 Å². The van der Waals surface area contributed by atoms with Gasteiger partial charge in [-0.15, -0.1) is 34.2 Å². The molecule has 8 nitrogen and oxygen atoms in total. The monoisotopic (exact) mass is 508 g/mol. The summed E-state index contributed by atoms with van der Waals surface area (Å²) in [6.07, 6.45) is 2.65. The third-order valence-electron chi connectivity index (χ3n) is 4.29. The van der Waals surface area contributed by atoms with Crippen molar-refractivity contribution in [3.63, 3.8) is 0 Å². The second-order valence-corrected chi connectivity index (χ2v) is 6.30. The maximum Gasteiger partial charge on any atom is 0.191 e. The van der Waals surface area contributed by atoms with Crippen LogP contribution in [0.4, 0.5) is 5.82 Å². The third-order valence-corrected chi connectivity index (χ3v) is 4.29. The highest BCUT2D eigenvalue weighted by Gasteiger charge is 2.02. The first-order chi connectivity index (χ1) is 13.8. The minimum absolute atomic E-state index is 0. The molecule has 0 aliphatic rings. The van der Waals surface area contributed by atoms with Gasteiger partial charge < -0.3 is 20.5 Å². The molecule has 3 aromatic rings. The van der Waals surface area contributed by atoms with Crippen molar-refractivity contribution < 1.29 is 0 Å². The van der Waals surface area contributed by atoms with E-state index in [4.69, 9.17) is 0 Å². The third kappa shape index (κ3) is 6.84. The van der Waals surface area contributed by atoms with Crippen molar-refractivity contribution in [3.8, 4) is 0 Å². The van der Waals surface area contributed by atoms with Gasteiger partial charge >= 0.3 is 0 Å². The van der Waals surface area contributed by atoms with E-state index in [1.54, 1.807) is 6.33 Å². The molecule has 0 aliphatic heterocycles. The average Bonchev–Trinajstić information content (AvgIpc) is 3.18. The highest BCUT2D eigenvalue weighted by atomic mass is 127. The number of fused-ring (bicyclic) bond motifs is 1.